The van der Waals surface area contributed by atoms with Gasteiger partial charge in [-0.1, -0.05) is 41.4 Å². The molecule has 1 fully saturated rings. The van der Waals surface area contributed by atoms with Crippen LogP contribution >= 0.6 is 15.9 Å². The van der Waals surface area contributed by atoms with Crippen molar-refractivity contribution in [2.75, 3.05) is 12.3 Å². The third kappa shape index (κ3) is 3.38. The number of piperidine rings is 1. The fraction of sp³-hybridized carbons (Fsp3) is 0.381. The molecule has 0 bridgehead atoms. The zero-order chi connectivity index (χ0) is 18.1. The van der Waals surface area contributed by atoms with Gasteiger partial charge < -0.3 is 10.1 Å². The predicted molar refractivity (Wildman–Crippen MR) is 111 cm³/mol. The second kappa shape index (κ2) is 7.41. The molecule has 1 aliphatic rings. The second-order valence-corrected chi connectivity index (χ2v) is 8.05. The largest absolute Gasteiger partial charge is 0.398 e. The highest BCUT2D eigenvalue weighted by atomic mass is 79.9. The van der Waals surface area contributed by atoms with E-state index in [0.29, 0.717) is 6.04 Å². The van der Waals surface area contributed by atoms with Crippen LogP contribution in [-0.4, -0.2) is 26.9 Å². The zero-order valence-electron chi connectivity index (χ0n) is 15.2. The smallest absolute Gasteiger partial charge is 0.137 e. The first-order valence-corrected chi connectivity index (χ1v) is 10.2. The Bertz CT molecular complexity index is 900. The monoisotopic (exact) mass is 412 g/mol. The molecule has 4 nitrogen and oxygen atoms in total. The number of hydrogen-bond acceptors (Lipinski definition) is 3. The van der Waals surface area contributed by atoms with Crippen LogP contribution in [0.15, 0.2) is 47.1 Å². The summed E-state index contributed by atoms with van der Waals surface area (Å²) < 4.78 is 3.26. The van der Waals surface area contributed by atoms with Crippen molar-refractivity contribution >= 4 is 27.3 Å². The Morgan fingerprint density at radius 1 is 1.15 bits per heavy atom. The maximum absolute atomic E-state index is 6.08. The number of imidazole rings is 1. The summed E-state index contributed by atoms with van der Waals surface area (Å²) in [5.74, 6) is 0. The van der Waals surface area contributed by atoms with Crippen LogP contribution in [0.4, 0.5) is 5.69 Å². The summed E-state index contributed by atoms with van der Waals surface area (Å²) in [5.41, 5.74) is 11.2. The lowest BCUT2D eigenvalue weighted by Gasteiger charge is -2.35. The van der Waals surface area contributed by atoms with Crippen molar-refractivity contribution in [2.45, 2.75) is 45.2 Å². The highest BCUT2D eigenvalue weighted by Crippen LogP contribution is 2.30. The number of halogens is 1. The van der Waals surface area contributed by atoms with Gasteiger partial charge in [0.05, 0.1) is 11.4 Å². The van der Waals surface area contributed by atoms with E-state index in [2.05, 4.69) is 56.4 Å². The minimum atomic E-state index is 0.660. The van der Waals surface area contributed by atoms with Crippen LogP contribution in [0.2, 0.25) is 0 Å². The van der Waals surface area contributed by atoms with Crippen molar-refractivity contribution in [3.63, 3.8) is 0 Å². The minimum absolute atomic E-state index is 0.660. The molecule has 2 N–H and O–H groups in total. The van der Waals surface area contributed by atoms with Crippen LogP contribution in [-0.2, 0) is 6.54 Å². The Labute approximate surface area is 163 Å². The van der Waals surface area contributed by atoms with Crippen molar-refractivity contribution in [3.8, 4) is 11.3 Å². The Hall–Kier alpha value is -1.85. The van der Waals surface area contributed by atoms with Gasteiger partial charge in [0.25, 0.3) is 0 Å². The first-order valence-electron chi connectivity index (χ1n) is 9.42. The van der Waals surface area contributed by atoms with E-state index in [1.54, 1.807) is 0 Å². The third-order valence-corrected chi connectivity index (χ3v) is 5.96. The Balaban J connectivity index is 1.81. The van der Waals surface area contributed by atoms with Crippen LogP contribution in [0.5, 0.6) is 0 Å². The van der Waals surface area contributed by atoms with Crippen LogP contribution in [0.3, 0.4) is 0 Å². The fourth-order valence-electron chi connectivity index (χ4n) is 4.02. The van der Waals surface area contributed by atoms with Crippen molar-refractivity contribution in [1.29, 1.82) is 0 Å². The summed E-state index contributed by atoms with van der Waals surface area (Å²) in [6.45, 7) is 4.37. The molecule has 26 heavy (non-hydrogen) atoms. The number of hydrogen-bond donors (Lipinski definition) is 1. The summed E-state index contributed by atoms with van der Waals surface area (Å²) in [7, 11) is 0. The van der Waals surface area contributed by atoms with Crippen LogP contribution in [0.25, 0.3) is 16.9 Å². The molecule has 2 aromatic heterocycles. The van der Waals surface area contributed by atoms with Crippen LogP contribution < -0.4 is 5.73 Å². The number of aromatic nitrogens is 2. The molecular weight excluding hydrogens is 388 g/mol. The van der Waals surface area contributed by atoms with Gasteiger partial charge in [0.15, 0.2) is 0 Å². The van der Waals surface area contributed by atoms with E-state index in [1.807, 2.05) is 18.3 Å². The molecule has 1 aliphatic heterocycles. The standard InChI is InChI=1S/C21H25BrN4/c1-2-18-5-3-4-12-25(18)14-19-21(15-6-8-16(22)9-7-15)24-20-11-10-17(23)13-26(19)20/h6-11,13,18H,2-5,12,14,23H2,1H3. The maximum Gasteiger partial charge on any atom is 0.137 e. The molecule has 136 valence electrons. The van der Waals surface area contributed by atoms with Gasteiger partial charge in [-0.2, -0.15) is 0 Å². The fourth-order valence-corrected chi connectivity index (χ4v) is 4.29. The number of nitrogens with two attached hydrogens (primary N) is 1. The number of fused-ring (bicyclic) bond motifs is 1. The van der Waals surface area contributed by atoms with E-state index in [1.165, 1.54) is 31.4 Å². The van der Waals surface area contributed by atoms with E-state index >= 15 is 0 Å². The highest BCUT2D eigenvalue weighted by Gasteiger charge is 2.24. The van der Waals surface area contributed by atoms with E-state index in [0.717, 1.165) is 40.2 Å². The van der Waals surface area contributed by atoms with E-state index in [9.17, 15) is 0 Å². The second-order valence-electron chi connectivity index (χ2n) is 7.13. The summed E-state index contributed by atoms with van der Waals surface area (Å²) in [6, 6.07) is 13.0. The maximum atomic E-state index is 6.08. The SMILES string of the molecule is CCC1CCCCN1Cc1c(-c2ccc(Br)cc2)nc2ccc(N)cn12. The Morgan fingerprint density at radius 2 is 1.96 bits per heavy atom. The highest BCUT2D eigenvalue weighted by molar-refractivity contribution is 9.10. The lowest BCUT2D eigenvalue weighted by molar-refractivity contribution is 0.134. The van der Waals surface area contributed by atoms with Crippen LogP contribution in [0, 0.1) is 0 Å². The number of nitrogen functional groups attached to an aromatic ring is 1. The van der Waals surface area contributed by atoms with Gasteiger partial charge in [0.1, 0.15) is 5.65 Å². The normalized spacial score (nSPS) is 18.5. The predicted octanol–water partition coefficient (Wildman–Crippen LogP) is 5.11. The molecule has 3 aromatic rings. The van der Waals surface area contributed by atoms with E-state index in [-0.39, 0.29) is 0 Å². The number of likely N-dealkylation sites (tertiary alicyclic amines) is 1. The number of anilines is 1. The molecule has 0 radical (unpaired) electrons. The number of pyridine rings is 1. The Kier molecular flexibility index (Phi) is 5.00. The van der Waals surface area contributed by atoms with Gasteiger partial charge in [-0.3, -0.25) is 4.90 Å². The lowest BCUT2D eigenvalue weighted by atomic mass is 9.99. The average Bonchev–Trinajstić information content (AvgIpc) is 3.00. The lowest BCUT2D eigenvalue weighted by Crippen LogP contribution is -2.38. The van der Waals surface area contributed by atoms with Crippen molar-refractivity contribution < 1.29 is 0 Å². The number of benzene rings is 1. The van der Waals surface area contributed by atoms with Gasteiger partial charge in [-0.05, 0) is 50.1 Å². The molecule has 0 amide bonds. The van der Waals surface area contributed by atoms with Gasteiger partial charge in [-0.15, -0.1) is 0 Å². The summed E-state index contributed by atoms with van der Waals surface area (Å²) in [6.07, 6.45) is 7.12. The number of rotatable bonds is 4. The first-order chi connectivity index (χ1) is 12.7. The third-order valence-electron chi connectivity index (χ3n) is 5.43. The molecule has 1 saturated heterocycles. The Morgan fingerprint density at radius 3 is 2.73 bits per heavy atom. The molecule has 4 rings (SSSR count). The molecule has 0 saturated carbocycles. The minimum Gasteiger partial charge on any atom is -0.398 e. The molecule has 0 spiro atoms. The summed E-state index contributed by atoms with van der Waals surface area (Å²) in [4.78, 5) is 7.56. The van der Waals surface area contributed by atoms with E-state index < -0.39 is 0 Å². The molecule has 1 atom stereocenters. The molecule has 5 heteroatoms. The van der Waals surface area contributed by atoms with Gasteiger partial charge in [0.2, 0.25) is 0 Å². The van der Waals surface area contributed by atoms with Crippen molar-refractivity contribution in [1.82, 2.24) is 14.3 Å². The van der Waals surface area contributed by atoms with Gasteiger partial charge in [0, 0.05) is 34.5 Å². The van der Waals surface area contributed by atoms with Crippen molar-refractivity contribution in [3.05, 3.63) is 52.8 Å². The molecule has 3 heterocycles. The zero-order valence-corrected chi connectivity index (χ0v) is 16.7. The topological polar surface area (TPSA) is 46.6 Å². The molecule has 0 aliphatic carbocycles. The average molecular weight is 413 g/mol. The van der Waals surface area contributed by atoms with E-state index in [4.69, 9.17) is 10.7 Å². The quantitative estimate of drug-likeness (QED) is 0.647. The molecular formula is C21H25BrN4. The first kappa shape index (κ1) is 17.6. The number of nitrogens with zero attached hydrogens (tertiary/aromatic N) is 3. The van der Waals surface area contributed by atoms with Gasteiger partial charge in [-0.25, -0.2) is 4.98 Å². The molecule has 1 aromatic carbocycles. The van der Waals surface area contributed by atoms with Crippen LogP contribution in [0.1, 0.15) is 38.3 Å². The summed E-state index contributed by atoms with van der Waals surface area (Å²) >= 11 is 3.53. The van der Waals surface area contributed by atoms with Gasteiger partial charge >= 0.3 is 0 Å². The molecule has 1 unspecified atom stereocenters. The summed E-state index contributed by atoms with van der Waals surface area (Å²) in [5, 5.41) is 0. The van der Waals surface area contributed by atoms with Crippen molar-refractivity contribution in [2.24, 2.45) is 0 Å².